The van der Waals surface area contributed by atoms with Gasteiger partial charge in [-0.15, -0.1) is 0 Å². The molecule has 1 aromatic heterocycles. The Morgan fingerprint density at radius 3 is 2.23 bits per heavy atom. The molecule has 2 amide bonds. The van der Waals surface area contributed by atoms with Crippen molar-refractivity contribution in [1.82, 2.24) is 15.2 Å². The molecule has 0 saturated heterocycles. The summed E-state index contributed by atoms with van der Waals surface area (Å²) in [5, 5.41) is 2.55. The minimum absolute atomic E-state index is 0.167. The summed E-state index contributed by atoms with van der Waals surface area (Å²) in [5.41, 5.74) is 0.527. The van der Waals surface area contributed by atoms with Gasteiger partial charge in [0, 0.05) is 49.3 Å². The summed E-state index contributed by atoms with van der Waals surface area (Å²) >= 11 is 0. The maximum absolute atomic E-state index is 13.9. The number of pyridine rings is 1. The van der Waals surface area contributed by atoms with Gasteiger partial charge in [-0.25, -0.2) is 18.4 Å². The second kappa shape index (κ2) is 12.8. The van der Waals surface area contributed by atoms with Crippen molar-refractivity contribution in [2.75, 3.05) is 26.9 Å². The van der Waals surface area contributed by atoms with Crippen LogP contribution in [0.4, 0.5) is 13.6 Å². The zero-order valence-corrected chi connectivity index (χ0v) is 23.0. The second-order valence-corrected chi connectivity index (χ2v) is 9.38. The van der Waals surface area contributed by atoms with Gasteiger partial charge in [0.15, 0.2) is 5.54 Å². The molecule has 0 bridgehead atoms. The average molecular weight is 544 g/mol. The molecule has 1 atom stereocenters. The van der Waals surface area contributed by atoms with E-state index in [1.54, 1.807) is 24.5 Å². The smallest absolute Gasteiger partial charge is 0.332 e. The number of carbonyl (C=O) groups is 2. The first-order valence-electron chi connectivity index (χ1n) is 12.9. The first-order valence-corrected chi connectivity index (χ1v) is 12.9. The van der Waals surface area contributed by atoms with Gasteiger partial charge in [-0.3, -0.25) is 4.98 Å². The van der Waals surface area contributed by atoms with Crippen LogP contribution < -0.4 is 14.8 Å². The largest absolute Gasteiger partial charge is 0.493 e. The van der Waals surface area contributed by atoms with E-state index in [0.29, 0.717) is 31.1 Å². The lowest BCUT2D eigenvalue weighted by Crippen LogP contribution is -2.68. The lowest BCUT2D eigenvalue weighted by atomic mass is 9.73. The van der Waals surface area contributed by atoms with E-state index in [2.05, 4.69) is 22.1 Å². The van der Waals surface area contributed by atoms with Crippen LogP contribution in [0.2, 0.25) is 0 Å². The number of urea groups is 1. The van der Waals surface area contributed by atoms with Crippen molar-refractivity contribution in [2.45, 2.75) is 64.5 Å². The molecule has 0 radical (unpaired) electrons. The van der Waals surface area contributed by atoms with E-state index in [9.17, 15) is 18.4 Å². The fourth-order valence-electron chi connectivity index (χ4n) is 4.55. The minimum Gasteiger partial charge on any atom is -0.493 e. The highest BCUT2D eigenvalue weighted by Gasteiger charge is 2.63. The normalized spacial score (nSPS) is 15.6. The Labute approximate surface area is 228 Å². The van der Waals surface area contributed by atoms with Crippen molar-refractivity contribution < 1.29 is 32.6 Å². The molecule has 210 valence electrons. The van der Waals surface area contributed by atoms with E-state index >= 15 is 0 Å². The maximum Gasteiger partial charge on any atom is 0.332 e. The van der Waals surface area contributed by atoms with Gasteiger partial charge in [0.2, 0.25) is 0 Å². The van der Waals surface area contributed by atoms with Crippen LogP contribution in [-0.2, 0) is 9.53 Å². The lowest BCUT2D eigenvalue weighted by Gasteiger charge is -2.46. The molecule has 0 aliphatic heterocycles. The fraction of sp³-hybridized carbons (Fsp3) is 0.483. The summed E-state index contributed by atoms with van der Waals surface area (Å²) in [5.74, 6) is 3.33. The maximum atomic E-state index is 13.9. The van der Waals surface area contributed by atoms with Gasteiger partial charge in [-0.05, 0) is 57.5 Å². The van der Waals surface area contributed by atoms with Gasteiger partial charge in [-0.1, -0.05) is 11.8 Å². The number of halogens is 2. The number of alkyl halides is 2. The summed E-state index contributed by atoms with van der Waals surface area (Å²) in [4.78, 5) is 31.5. The van der Waals surface area contributed by atoms with Crippen LogP contribution in [0.15, 0.2) is 36.7 Å². The van der Waals surface area contributed by atoms with E-state index in [0.717, 1.165) is 23.8 Å². The number of aromatic nitrogens is 1. The second-order valence-electron chi connectivity index (χ2n) is 9.38. The number of amides is 2. The van der Waals surface area contributed by atoms with Gasteiger partial charge >= 0.3 is 12.0 Å². The van der Waals surface area contributed by atoms with Crippen LogP contribution in [0.3, 0.4) is 0 Å². The Balaban J connectivity index is 1.93. The summed E-state index contributed by atoms with van der Waals surface area (Å²) in [6.07, 6.45) is 1.92. The van der Waals surface area contributed by atoms with Crippen molar-refractivity contribution in [2.24, 2.45) is 0 Å². The molecule has 2 aromatic rings. The van der Waals surface area contributed by atoms with E-state index < -0.39 is 42.3 Å². The van der Waals surface area contributed by atoms with E-state index in [1.807, 2.05) is 39.8 Å². The van der Waals surface area contributed by atoms with Gasteiger partial charge in [0.25, 0.3) is 5.92 Å². The molecule has 1 aromatic carbocycles. The summed E-state index contributed by atoms with van der Waals surface area (Å²) in [7, 11) is 1.11. The molecule has 1 unspecified atom stereocenters. The van der Waals surface area contributed by atoms with Gasteiger partial charge in [0.1, 0.15) is 11.5 Å². The first kappa shape index (κ1) is 29.7. The number of hydrogen-bond acceptors (Lipinski definition) is 6. The Morgan fingerprint density at radius 1 is 1.13 bits per heavy atom. The zero-order chi connectivity index (χ0) is 28.6. The van der Waals surface area contributed by atoms with E-state index in [4.69, 9.17) is 14.2 Å². The predicted octanol–water partition coefficient (Wildman–Crippen LogP) is 5.04. The molecule has 1 aliphatic rings. The number of nitrogens with one attached hydrogen (secondary N) is 1. The standard InChI is InChI=1S/C29H35F2N3O5/c1-6-38-24-16-23(17-25(20(24)3)39-7-2)21(4)34(15-9-8-10-22-11-13-32-14-12-22)27(36)33-28(26(35)37-5)18-29(30,31)19-28/h11-14,16-17,21H,6-7,9,15,18-19H2,1-5H3,(H,33,36). The molecule has 8 nitrogen and oxygen atoms in total. The van der Waals surface area contributed by atoms with Crippen molar-refractivity contribution in [3.05, 3.63) is 53.3 Å². The van der Waals surface area contributed by atoms with Crippen molar-refractivity contribution in [3.8, 4) is 23.3 Å². The Bertz CT molecular complexity index is 1190. The molecule has 1 N–H and O–H groups in total. The molecule has 10 heteroatoms. The number of nitrogens with zero attached hydrogens (tertiary/aromatic N) is 2. The third-order valence-corrected chi connectivity index (χ3v) is 6.58. The third-order valence-electron chi connectivity index (χ3n) is 6.58. The van der Waals surface area contributed by atoms with Crippen LogP contribution >= 0.6 is 0 Å². The van der Waals surface area contributed by atoms with Crippen molar-refractivity contribution in [1.29, 1.82) is 0 Å². The number of ether oxygens (including phenoxy) is 3. The average Bonchev–Trinajstić information content (AvgIpc) is 2.89. The molecular weight excluding hydrogens is 508 g/mol. The van der Waals surface area contributed by atoms with Crippen molar-refractivity contribution >= 4 is 12.0 Å². The van der Waals surface area contributed by atoms with Gasteiger partial charge < -0.3 is 24.4 Å². The number of rotatable bonds is 10. The summed E-state index contributed by atoms with van der Waals surface area (Å²) in [6, 6.07) is 6.00. The Hall–Kier alpha value is -3.87. The SMILES string of the molecule is CCOc1cc(C(C)N(CCC#Cc2ccncc2)C(=O)NC2(C(=O)OC)CC(F)(F)C2)cc(OCC)c1C. The first-order chi connectivity index (χ1) is 18.6. The highest BCUT2D eigenvalue weighted by Crippen LogP contribution is 2.46. The van der Waals surface area contributed by atoms with Gasteiger partial charge in [0.05, 0.1) is 26.4 Å². The van der Waals surface area contributed by atoms with Crippen LogP contribution in [0.1, 0.15) is 62.8 Å². The number of carbonyl (C=O) groups excluding carboxylic acids is 2. The molecule has 1 fully saturated rings. The molecule has 1 aliphatic carbocycles. The van der Waals surface area contributed by atoms with Crippen LogP contribution in [0.5, 0.6) is 11.5 Å². The number of benzene rings is 1. The molecule has 1 saturated carbocycles. The number of methoxy groups -OCH3 is 1. The quantitative estimate of drug-likeness (QED) is 0.334. The summed E-state index contributed by atoms with van der Waals surface area (Å²) in [6.45, 7) is 8.49. The predicted molar refractivity (Wildman–Crippen MR) is 142 cm³/mol. The lowest BCUT2D eigenvalue weighted by molar-refractivity contribution is -0.178. The Morgan fingerprint density at radius 2 is 1.72 bits per heavy atom. The molecular formula is C29H35F2N3O5. The van der Waals surface area contributed by atoms with E-state index in [1.165, 1.54) is 4.90 Å². The monoisotopic (exact) mass is 543 g/mol. The topological polar surface area (TPSA) is 90.0 Å². The van der Waals surface area contributed by atoms with Crippen LogP contribution in [0, 0.1) is 18.8 Å². The highest BCUT2D eigenvalue weighted by molar-refractivity contribution is 5.89. The van der Waals surface area contributed by atoms with Crippen molar-refractivity contribution in [3.63, 3.8) is 0 Å². The molecule has 39 heavy (non-hydrogen) atoms. The van der Waals surface area contributed by atoms with Gasteiger partial charge in [-0.2, -0.15) is 0 Å². The Kier molecular flexibility index (Phi) is 9.73. The molecule has 1 heterocycles. The zero-order valence-electron chi connectivity index (χ0n) is 23.0. The van der Waals surface area contributed by atoms with E-state index in [-0.39, 0.29) is 6.54 Å². The third kappa shape index (κ3) is 7.16. The molecule has 0 spiro atoms. The van der Waals surface area contributed by atoms with Crippen LogP contribution in [-0.4, -0.2) is 60.2 Å². The number of hydrogen-bond donors (Lipinski definition) is 1. The minimum atomic E-state index is -3.07. The number of esters is 1. The summed E-state index contributed by atoms with van der Waals surface area (Å²) < 4.78 is 44.1. The molecule has 3 rings (SSSR count). The highest BCUT2D eigenvalue weighted by atomic mass is 19.3. The van der Waals surface area contributed by atoms with Crippen LogP contribution in [0.25, 0.3) is 0 Å². The fourth-order valence-corrected chi connectivity index (χ4v) is 4.55.